The number of rotatable bonds is 3. The Hall–Kier alpha value is -0.460. The molecule has 1 saturated heterocycles. The SMILES string of the molecule is COC(=O)c1sc(N2CCC(SC)CC2)nc1Cl. The second-order valence-corrected chi connectivity index (χ2v) is 6.50. The van der Waals surface area contributed by atoms with Crippen LogP contribution in [0.1, 0.15) is 22.5 Å². The second kappa shape index (κ2) is 6.12. The summed E-state index contributed by atoms with van der Waals surface area (Å²) in [5.41, 5.74) is 0. The van der Waals surface area contributed by atoms with Crippen molar-refractivity contribution in [3.05, 3.63) is 10.0 Å². The highest BCUT2D eigenvalue weighted by molar-refractivity contribution is 7.99. The van der Waals surface area contributed by atoms with Crippen molar-refractivity contribution in [2.45, 2.75) is 18.1 Å². The average Bonchev–Trinajstić information content (AvgIpc) is 2.80. The van der Waals surface area contributed by atoms with Crippen LogP contribution in [0.2, 0.25) is 5.15 Å². The minimum Gasteiger partial charge on any atom is -0.465 e. The summed E-state index contributed by atoms with van der Waals surface area (Å²) in [4.78, 5) is 18.3. The standard InChI is InChI=1S/C11H15ClN2O2S2/c1-16-10(15)8-9(12)13-11(18-8)14-5-3-7(17-2)4-6-14/h7H,3-6H2,1-2H3. The van der Waals surface area contributed by atoms with E-state index in [1.807, 2.05) is 11.8 Å². The number of carbonyl (C=O) groups excluding carboxylic acids is 1. The third kappa shape index (κ3) is 2.92. The third-order valence-corrected chi connectivity index (χ3v) is 5.61. The minimum absolute atomic E-state index is 0.244. The number of carbonyl (C=O) groups is 1. The number of hydrogen-bond donors (Lipinski definition) is 0. The van der Waals surface area contributed by atoms with Crippen LogP contribution in [0, 0.1) is 0 Å². The summed E-state index contributed by atoms with van der Waals surface area (Å²) in [7, 11) is 1.35. The van der Waals surface area contributed by atoms with E-state index in [0.29, 0.717) is 4.88 Å². The fraction of sp³-hybridized carbons (Fsp3) is 0.636. The molecule has 1 aliphatic heterocycles. The molecule has 0 spiro atoms. The van der Waals surface area contributed by atoms with Crippen LogP contribution in [0.25, 0.3) is 0 Å². The van der Waals surface area contributed by atoms with Crippen LogP contribution in [0.5, 0.6) is 0 Å². The van der Waals surface area contributed by atoms with Gasteiger partial charge in [0.2, 0.25) is 0 Å². The zero-order valence-electron chi connectivity index (χ0n) is 10.3. The fourth-order valence-corrected chi connectivity index (χ4v) is 3.86. The number of anilines is 1. The van der Waals surface area contributed by atoms with Gasteiger partial charge >= 0.3 is 5.97 Å². The molecule has 0 unspecified atom stereocenters. The van der Waals surface area contributed by atoms with Gasteiger partial charge in [-0.2, -0.15) is 11.8 Å². The molecule has 4 nitrogen and oxygen atoms in total. The Morgan fingerprint density at radius 3 is 2.78 bits per heavy atom. The Bertz CT molecular complexity index is 431. The number of thiazole rings is 1. The lowest BCUT2D eigenvalue weighted by Gasteiger charge is -2.30. The number of thioether (sulfide) groups is 1. The van der Waals surface area contributed by atoms with Gasteiger partial charge in [-0.3, -0.25) is 0 Å². The number of nitrogens with zero attached hydrogens (tertiary/aromatic N) is 2. The van der Waals surface area contributed by atoms with Crippen LogP contribution < -0.4 is 4.90 Å². The van der Waals surface area contributed by atoms with Gasteiger partial charge in [-0.15, -0.1) is 0 Å². The van der Waals surface area contributed by atoms with E-state index in [1.54, 1.807) is 0 Å². The van der Waals surface area contributed by atoms with Gasteiger partial charge < -0.3 is 9.64 Å². The first-order valence-electron chi connectivity index (χ1n) is 5.68. The van der Waals surface area contributed by atoms with E-state index in [4.69, 9.17) is 11.6 Å². The Morgan fingerprint density at radius 1 is 1.56 bits per heavy atom. The zero-order chi connectivity index (χ0) is 13.1. The molecule has 7 heteroatoms. The van der Waals surface area contributed by atoms with Gasteiger partial charge in [0.05, 0.1) is 7.11 Å². The lowest BCUT2D eigenvalue weighted by Crippen LogP contribution is -2.34. The van der Waals surface area contributed by atoms with Crippen molar-refractivity contribution in [1.29, 1.82) is 0 Å². The van der Waals surface area contributed by atoms with E-state index in [0.717, 1.165) is 36.3 Å². The number of aromatic nitrogens is 1. The molecule has 0 N–H and O–H groups in total. The normalized spacial score (nSPS) is 16.9. The molecule has 0 aromatic carbocycles. The number of piperidine rings is 1. The highest BCUT2D eigenvalue weighted by atomic mass is 35.5. The van der Waals surface area contributed by atoms with Crippen LogP contribution in [0.15, 0.2) is 0 Å². The van der Waals surface area contributed by atoms with Crippen molar-refractivity contribution in [2.24, 2.45) is 0 Å². The lowest BCUT2D eigenvalue weighted by atomic mass is 10.1. The van der Waals surface area contributed by atoms with Crippen molar-refractivity contribution in [3.8, 4) is 0 Å². The van der Waals surface area contributed by atoms with E-state index < -0.39 is 5.97 Å². The largest absolute Gasteiger partial charge is 0.465 e. The summed E-state index contributed by atoms with van der Waals surface area (Å²) >= 11 is 9.19. The van der Waals surface area contributed by atoms with Crippen LogP contribution in [0.3, 0.4) is 0 Å². The molecule has 0 aliphatic carbocycles. The Morgan fingerprint density at radius 2 is 2.22 bits per heavy atom. The monoisotopic (exact) mass is 306 g/mol. The summed E-state index contributed by atoms with van der Waals surface area (Å²) in [5.74, 6) is -0.414. The molecule has 1 fully saturated rings. The third-order valence-electron chi connectivity index (χ3n) is 2.99. The Kier molecular flexibility index (Phi) is 4.75. The molecule has 100 valence electrons. The fourth-order valence-electron chi connectivity index (χ4n) is 1.93. The van der Waals surface area contributed by atoms with Crippen LogP contribution in [-0.2, 0) is 4.74 Å². The van der Waals surface area contributed by atoms with Crippen LogP contribution in [0.4, 0.5) is 5.13 Å². The van der Waals surface area contributed by atoms with Crippen molar-refractivity contribution in [1.82, 2.24) is 4.98 Å². The van der Waals surface area contributed by atoms with Crippen LogP contribution >= 0.6 is 34.7 Å². The number of esters is 1. The summed E-state index contributed by atoms with van der Waals surface area (Å²) in [6.07, 6.45) is 4.44. The molecule has 1 aromatic rings. The van der Waals surface area contributed by atoms with Crippen molar-refractivity contribution in [3.63, 3.8) is 0 Å². The first-order chi connectivity index (χ1) is 8.65. The van der Waals surface area contributed by atoms with Gasteiger partial charge in [-0.25, -0.2) is 9.78 Å². The molecule has 18 heavy (non-hydrogen) atoms. The molecule has 0 amide bonds. The molecule has 2 heterocycles. The van der Waals surface area contributed by atoms with Crippen molar-refractivity contribution in [2.75, 3.05) is 31.4 Å². The van der Waals surface area contributed by atoms with Gasteiger partial charge in [0.1, 0.15) is 0 Å². The number of ether oxygens (including phenoxy) is 1. The predicted molar refractivity (Wildman–Crippen MR) is 77.2 cm³/mol. The maximum atomic E-state index is 11.5. The van der Waals surface area contributed by atoms with Crippen molar-refractivity contribution >= 4 is 45.8 Å². The average molecular weight is 307 g/mol. The van der Waals surface area contributed by atoms with E-state index >= 15 is 0 Å². The summed E-state index contributed by atoms with van der Waals surface area (Å²) in [6, 6.07) is 0. The second-order valence-electron chi connectivity index (χ2n) is 4.03. The zero-order valence-corrected chi connectivity index (χ0v) is 12.7. The smallest absolute Gasteiger partial charge is 0.351 e. The summed E-state index contributed by atoms with van der Waals surface area (Å²) in [5, 5.41) is 1.80. The van der Waals surface area contributed by atoms with Gasteiger partial charge in [0.25, 0.3) is 0 Å². The first kappa shape index (κ1) is 14.0. The lowest BCUT2D eigenvalue weighted by molar-refractivity contribution is 0.0606. The van der Waals surface area contributed by atoms with E-state index in [-0.39, 0.29) is 5.15 Å². The molecule has 0 radical (unpaired) electrons. The maximum Gasteiger partial charge on any atom is 0.351 e. The topological polar surface area (TPSA) is 42.4 Å². The molecule has 2 rings (SSSR count). The van der Waals surface area contributed by atoms with Crippen molar-refractivity contribution < 1.29 is 9.53 Å². The molecule has 0 atom stereocenters. The highest BCUT2D eigenvalue weighted by Crippen LogP contribution is 2.33. The molecule has 0 bridgehead atoms. The molecule has 0 saturated carbocycles. The van der Waals surface area contributed by atoms with Gasteiger partial charge in [-0.05, 0) is 19.1 Å². The Balaban J connectivity index is 2.08. The summed E-state index contributed by atoms with van der Waals surface area (Å²) < 4.78 is 4.68. The molecule has 1 aliphatic rings. The van der Waals surface area contributed by atoms with E-state index in [2.05, 4.69) is 20.9 Å². The van der Waals surface area contributed by atoms with Gasteiger partial charge in [0, 0.05) is 18.3 Å². The van der Waals surface area contributed by atoms with Gasteiger partial charge in [-0.1, -0.05) is 22.9 Å². The maximum absolute atomic E-state index is 11.5. The summed E-state index contributed by atoms with van der Waals surface area (Å²) in [6.45, 7) is 1.94. The highest BCUT2D eigenvalue weighted by Gasteiger charge is 2.24. The van der Waals surface area contributed by atoms with E-state index in [9.17, 15) is 4.79 Å². The molecular weight excluding hydrogens is 292 g/mol. The molecular formula is C11H15ClN2O2S2. The predicted octanol–water partition coefficient (Wildman–Crippen LogP) is 2.91. The van der Waals surface area contributed by atoms with Gasteiger partial charge in [0.15, 0.2) is 15.2 Å². The minimum atomic E-state index is -0.414. The molecule has 1 aromatic heterocycles. The first-order valence-corrected chi connectivity index (χ1v) is 8.16. The Labute approximate surface area is 120 Å². The number of methoxy groups -OCH3 is 1. The van der Waals surface area contributed by atoms with E-state index in [1.165, 1.54) is 18.4 Å². The number of hydrogen-bond acceptors (Lipinski definition) is 6. The van der Waals surface area contributed by atoms with Crippen LogP contribution in [-0.4, -0.2) is 42.7 Å². The number of halogens is 1. The quantitative estimate of drug-likeness (QED) is 0.803.